The Kier molecular flexibility index (Phi) is 16.4. The van der Waals surface area contributed by atoms with Gasteiger partial charge in [-0.2, -0.15) is 0 Å². The maximum Gasteiger partial charge on any atom is 0.260 e. The highest BCUT2D eigenvalue weighted by atomic mass is 16.7. The number of para-hydroxylation sites is 1. The summed E-state index contributed by atoms with van der Waals surface area (Å²) in [5, 5.41) is 3.51. The van der Waals surface area contributed by atoms with Crippen molar-refractivity contribution < 1.29 is 9.10 Å². The highest BCUT2D eigenvalue weighted by Crippen LogP contribution is 2.53. The number of hydrogen-bond donors (Lipinski definition) is 1. The van der Waals surface area contributed by atoms with Gasteiger partial charge in [0, 0.05) is 38.9 Å². The molecule has 0 saturated heterocycles. The molecule has 1 N–H and O–H groups in total. The Hall–Kier alpha value is -2.00. The molecule has 0 aromatic heterocycles. The average Bonchev–Trinajstić information content (AvgIpc) is 3.02. The number of anilines is 1. The SMILES string of the molecule is CC.CC.COC.Cc1cc(C)c2c(c1)[O+](C)C(CCCCCCNc1ccccc1)C2(C)C. The van der Waals surface area contributed by atoms with E-state index >= 15 is 0 Å². The highest BCUT2D eigenvalue weighted by molar-refractivity contribution is 5.51. The number of ether oxygens (including phenoxy) is 1. The summed E-state index contributed by atoms with van der Waals surface area (Å²) in [5.74, 6) is 1.37. The van der Waals surface area contributed by atoms with Crippen LogP contribution in [-0.4, -0.2) is 34.0 Å². The summed E-state index contributed by atoms with van der Waals surface area (Å²) in [7, 11) is 5.46. The van der Waals surface area contributed by atoms with E-state index in [0.29, 0.717) is 6.10 Å². The molecule has 34 heavy (non-hydrogen) atoms. The molecule has 0 fully saturated rings. The van der Waals surface area contributed by atoms with Crippen molar-refractivity contribution in [2.75, 3.05) is 33.2 Å². The average molecular weight is 473 g/mol. The summed E-state index contributed by atoms with van der Waals surface area (Å²) in [6.45, 7) is 18.4. The summed E-state index contributed by atoms with van der Waals surface area (Å²) < 4.78 is 7.73. The van der Waals surface area contributed by atoms with Gasteiger partial charge >= 0.3 is 0 Å². The van der Waals surface area contributed by atoms with Crippen LogP contribution in [0, 0.1) is 13.8 Å². The zero-order valence-electron chi connectivity index (χ0n) is 24.2. The molecule has 1 heterocycles. The van der Waals surface area contributed by atoms with Crippen molar-refractivity contribution in [3.05, 3.63) is 59.2 Å². The Balaban J connectivity index is 0.00000141. The molecule has 0 amide bonds. The molecule has 1 aliphatic rings. The van der Waals surface area contributed by atoms with E-state index < -0.39 is 0 Å². The summed E-state index contributed by atoms with van der Waals surface area (Å²) in [6, 6.07) is 15.2. The lowest BCUT2D eigenvalue weighted by Gasteiger charge is -2.29. The number of hydrogen-bond acceptors (Lipinski definition) is 2. The molecule has 2 aromatic rings. The third kappa shape index (κ3) is 9.33. The van der Waals surface area contributed by atoms with Crippen LogP contribution >= 0.6 is 0 Å². The van der Waals surface area contributed by atoms with Gasteiger partial charge in [-0.25, -0.2) is 0 Å². The van der Waals surface area contributed by atoms with Crippen molar-refractivity contribution in [1.82, 2.24) is 0 Å². The Morgan fingerprint density at radius 1 is 0.882 bits per heavy atom. The van der Waals surface area contributed by atoms with Gasteiger partial charge < -0.3 is 14.4 Å². The molecule has 0 saturated carbocycles. The molecule has 3 rings (SSSR count). The van der Waals surface area contributed by atoms with Gasteiger partial charge in [-0.1, -0.05) is 64.8 Å². The maximum absolute atomic E-state index is 4.25. The third-order valence-electron chi connectivity index (χ3n) is 6.16. The van der Waals surface area contributed by atoms with Crippen LogP contribution in [0.3, 0.4) is 0 Å². The van der Waals surface area contributed by atoms with Gasteiger partial charge in [-0.05, 0) is 63.8 Å². The lowest BCUT2D eigenvalue weighted by Crippen LogP contribution is -2.33. The van der Waals surface area contributed by atoms with Crippen molar-refractivity contribution in [1.29, 1.82) is 0 Å². The smallest absolute Gasteiger partial charge is 0.260 e. The van der Waals surface area contributed by atoms with E-state index in [1.165, 1.54) is 60.2 Å². The first-order valence-electron chi connectivity index (χ1n) is 13.3. The van der Waals surface area contributed by atoms with E-state index in [2.05, 4.69) is 91.7 Å². The van der Waals surface area contributed by atoms with E-state index in [1.54, 1.807) is 14.2 Å². The topological polar surface area (TPSA) is 24.0 Å². The number of aryl methyl sites for hydroxylation is 2. The molecule has 3 nitrogen and oxygen atoms in total. The summed E-state index contributed by atoms with van der Waals surface area (Å²) in [5.41, 5.74) is 5.74. The van der Waals surface area contributed by atoms with Gasteiger partial charge in [-0.3, -0.25) is 0 Å². The number of fused-ring (bicyclic) bond motifs is 1. The number of benzene rings is 2. The monoisotopic (exact) mass is 472 g/mol. The minimum Gasteiger partial charge on any atom is -0.571 e. The molecular formula is C31H54NO2+. The Morgan fingerprint density at radius 3 is 2.03 bits per heavy atom. The Morgan fingerprint density at radius 2 is 1.44 bits per heavy atom. The van der Waals surface area contributed by atoms with Gasteiger partial charge in [0.15, 0.2) is 13.2 Å². The van der Waals surface area contributed by atoms with Crippen LogP contribution in [0.25, 0.3) is 0 Å². The van der Waals surface area contributed by atoms with Gasteiger partial charge in [0.2, 0.25) is 0 Å². The van der Waals surface area contributed by atoms with Gasteiger partial charge in [-0.15, -0.1) is 0 Å². The third-order valence-corrected chi connectivity index (χ3v) is 6.16. The molecule has 194 valence electrons. The second-order valence-corrected chi connectivity index (χ2v) is 9.13. The number of unbranched alkanes of at least 4 members (excludes halogenated alkanes) is 3. The standard InChI is InChI=1S/C25H36NO.C2H6O.2C2H6/c1-19-17-20(2)24-22(18-19)27(5)23(25(24,3)4)15-11-6-7-12-16-26-21-13-9-8-10-14-21;1-3-2;2*1-2/h8-10,13-14,17-18,23,26H,6-7,11-12,15-16H2,1-5H3;1-2H3;2*1-2H3/q+1;;;. The van der Waals surface area contributed by atoms with Crippen LogP contribution in [0.15, 0.2) is 42.5 Å². The van der Waals surface area contributed by atoms with Crippen molar-refractivity contribution in [2.45, 2.75) is 99.0 Å². The molecule has 0 bridgehead atoms. The first-order chi connectivity index (χ1) is 16.3. The van der Waals surface area contributed by atoms with Crippen LogP contribution < -0.4 is 5.32 Å². The van der Waals surface area contributed by atoms with Crippen molar-refractivity contribution >= 4 is 5.69 Å². The first-order valence-corrected chi connectivity index (χ1v) is 13.3. The van der Waals surface area contributed by atoms with Crippen molar-refractivity contribution in [3.8, 4) is 5.75 Å². The van der Waals surface area contributed by atoms with Crippen LogP contribution in [0.4, 0.5) is 5.69 Å². The molecule has 1 atom stereocenters. The van der Waals surface area contributed by atoms with Gasteiger partial charge in [0.25, 0.3) is 5.75 Å². The predicted molar refractivity (Wildman–Crippen MR) is 153 cm³/mol. The predicted octanol–water partition coefficient (Wildman–Crippen LogP) is 9.24. The zero-order valence-corrected chi connectivity index (χ0v) is 24.2. The minimum absolute atomic E-state index is 0.196. The number of rotatable bonds is 8. The van der Waals surface area contributed by atoms with Crippen LogP contribution in [-0.2, 0) is 14.5 Å². The molecular weight excluding hydrogens is 418 g/mol. The van der Waals surface area contributed by atoms with E-state index in [9.17, 15) is 0 Å². The summed E-state index contributed by atoms with van der Waals surface area (Å²) in [6.07, 6.45) is 6.91. The zero-order chi connectivity index (χ0) is 26.1. The normalized spacial score (nSPS) is 15.0. The molecule has 0 radical (unpaired) electrons. The molecule has 1 aliphatic heterocycles. The molecule has 1 unspecified atom stereocenters. The van der Waals surface area contributed by atoms with Crippen molar-refractivity contribution in [2.24, 2.45) is 0 Å². The Bertz CT molecular complexity index is 771. The first kappa shape index (κ1) is 32.0. The number of nitrogens with one attached hydrogen (secondary N) is 1. The fraction of sp³-hybridized carbons (Fsp3) is 0.613. The quantitative estimate of drug-likeness (QED) is 0.306. The second-order valence-electron chi connectivity index (χ2n) is 9.13. The summed E-state index contributed by atoms with van der Waals surface area (Å²) >= 11 is 0. The highest BCUT2D eigenvalue weighted by Gasteiger charge is 2.50. The molecule has 0 aliphatic carbocycles. The largest absolute Gasteiger partial charge is 0.571 e. The second kappa shape index (κ2) is 17.4. The van der Waals surface area contributed by atoms with Gasteiger partial charge in [0.1, 0.15) is 0 Å². The van der Waals surface area contributed by atoms with E-state index in [0.717, 1.165) is 6.54 Å². The van der Waals surface area contributed by atoms with E-state index in [4.69, 9.17) is 0 Å². The molecule has 0 spiro atoms. The maximum atomic E-state index is 4.25. The van der Waals surface area contributed by atoms with E-state index in [1.807, 2.05) is 27.7 Å². The minimum atomic E-state index is 0.196. The van der Waals surface area contributed by atoms with Crippen LogP contribution in [0.5, 0.6) is 5.75 Å². The van der Waals surface area contributed by atoms with Crippen molar-refractivity contribution in [3.63, 3.8) is 0 Å². The fourth-order valence-electron chi connectivity index (χ4n) is 4.90. The molecule has 2 aromatic carbocycles. The number of methoxy groups -OCH3 is 1. The van der Waals surface area contributed by atoms with Gasteiger partial charge in [0.05, 0.1) is 11.0 Å². The summed E-state index contributed by atoms with van der Waals surface area (Å²) in [4.78, 5) is 0. The Labute approximate surface area is 212 Å². The van der Waals surface area contributed by atoms with Crippen LogP contribution in [0.2, 0.25) is 0 Å². The van der Waals surface area contributed by atoms with E-state index in [-0.39, 0.29) is 5.41 Å². The molecule has 3 heteroatoms. The van der Waals surface area contributed by atoms with Crippen LogP contribution in [0.1, 0.15) is 90.3 Å². The lowest BCUT2D eigenvalue weighted by molar-refractivity contribution is -0.0863. The fourth-order valence-corrected chi connectivity index (χ4v) is 4.90. The lowest BCUT2D eigenvalue weighted by atomic mass is 9.77.